The Labute approximate surface area is 116 Å². The average Bonchev–Trinajstić information content (AvgIpc) is 2.81. The van der Waals surface area contributed by atoms with Gasteiger partial charge >= 0.3 is 0 Å². The van der Waals surface area contributed by atoms with Crippen molar-refractivity contribution in [2.45, 2.75) is 18.2 Å². The first kappa shape index (κ1) is 14.0. The number of nitrogens with two attached hydrogens (primary N) is 1. The molecule has 0 bridgehead atoms. The van der Waals surface area contributed by atoms with E-state index >= 15 is 0 Å². The molecule has 1 heterocycles. The van der Waals surface area contributed by atoms with Crippen molar-refractivity contribution in [2.75, 3.05) is 12.3 Å². The highest BCUT2D eigenvalue weighted by atomic mass is 32.2. The SMILES string of the molecule is Cc1ccc(S(=O)(=O)NCCc2cscn2)c(N)c1. The first-order valence-corrected chi connectivity index (χ1v) is 8.14. The number of anilines is 1. The maximum atomic E-state index is 12.1. The second-order valence-corrected chi connectivity index (χ2v) is 6.62. The van der Waals surface area contributed by atoms with Crippen LogP contribution in [0.4, 0.5) is 5.69 Å². The normalized spacial score (nSPS) is 11.6. The van der Waals surface area contributed by atoms with Crippen molar-refractivity contribution in [3.63, 3.8) is 0 Å². The summed E-state index contributed by atoms with van der Waals surface area (Å²) in [7, 11) is -3.56. The molecule has 0 amide bonds. The fourth-order valence-electron chi connectivity index (χ4n) is 1.66. The first-order valence-electron chi connectivity index (χ1n) is 5.72. The van der Waals surface area contributed by atoms with Gasteiger partial charge < -0.3 is 5.73 Å². The number of hydrogen-bond acceptors (Lipinski definition) is 5. The molecule has 0 aliphatic carbocycles. The van der Waals surface area contributed by atoms with Crippen LogP contribution in [0.25, 0.3) is 0 Å². The fourth-order valence-corrected chi connectivity index (χ4v) is 3.40. The number of aromatic nitrogens is 1. The summed E-state index contributed by atoms with van der Waals surface area (Å²) in [5, 5.41) is 1.90. The molecule has 102 valence electrons. The predicted molar refractivity (Wildman–Crippen MR) is 76.6 cm³/mol. The molecule has 0 aliphatic rings. The van der Waals surface area contributed by atoms with E-state index < -0.39 is 10.0 Å². The summed E-state index contributed by atoms with van der Waals surface area (Å²) in [6, 6.07) is 4.90. The lowest BCUT2D eigenvalue weighted by Crippen LogP contribution is -2.26. The molecule has 0 spiro atoms. The molecule has 19 heavy (non-hydrogen) atoms. The minimum absolute atomic E-state index is 0.122. The Morgan fingerprint density at radius 2 is 2.21 bits per heavy atom. The van der Waals surface area contributed by atoms with Crippen molar-refractivity contribution in [1.29, 1.82) is 0 Å². The molecule has 0 atom stereocenters. The third-order valence-electron chi connectivity index (χ3n) is 2.61. The van der Waals surface area contributed by atoms with Crippen LogP contribution in [-0.2, 0) is 16.4 Å². The molecule has 2 aromatic rings. The van der Waals surface area contributed by atoms with Crippen LogP contribution >= 0.6 is 11.3 Å². The molecule has 5 nitrogen and oxygen atoms in total. The van der Waals surface area contributed by atoms with E-state index in [2.05, 4.69) is 9.71 Å². The Hall–Kier alpha value is -1.44. The van der Waals surface area contributed by atoms with Crippen LogP contribution in [0.3, 0.4) is 0 Å². The van der Waals surface area contributed by atoms with Crippen molar-refractivity contribution in [2.24, 2.45) is 0 Å². The number of rotatable bonds is 5. The van der Waals surface area contributed by atoms with Crippen LogP contribution in [0.5, 0.6) is 0 Å². The fraction of sp³-hybridized carbons (Fsp3) is 0.250. The van der Waals surface area contributed by atoms with E-state index in [1.54, 1.807) is 17.6 Å². The number of nitrogens with one attached hydrogen (secondary N) is 1. The summed E-state index contributed by atoms with van der Waals surface area (Å²) < 4.78 is 26.7. The average molecular weight is 297 g/mol. The van der Waals surface area contributed by atoms with Gasteiger partial charge in [-0.15, -0.1) is 11.3 Å². The Bertz CT molecular complexity index is 652. The van der Waals surface area contributed by atoms with Gasteiger partial charge in [0, 0.05) is 18.3 Å². The van der Waals surface area contributed by atoms with Crippen molar-refractivity contribution < 1.29 is 8.42 Å². The Morgan fingerprint density at radius 1 is 1.42 bits per heavy atom. The van der Waals surface area contributed by atoms with Gasteiger partial charge in [-0.1, -0.05) is 6.07 Å². The molecule has 0 saturated carbocycles. The molecule has 1 aromatic heterocycles. The Kier molecular flexibility index (Phi) is 4.18. The number of sulfonamides is 1. The van der Waals surface area contributed by atoms with Crippen LogP contribution < -0.4 is 10.5 Å². The summed E-state index contributed by atoms with van der Waals surface area (Å²) in [5.74, 6) is 0. The van der Waals surface area contributed by atoms with Crippen molar-refractivity contribution in [3.8, 4) is 0 Å². The maximum Gasteiger partial charge on any atom is 0.242 e. The van der Waals surface area contributed by atoms with E-state index in [9.17, 15) is 8.42 Å². The topological polar surface area (TPSA) is 85.1 Å². The van der Waals surface area contributed by atoms with Gasteiger partial charge in [-0.2, -0.15) is 0 Å². The quantitative estimate of drug-likeness (QED) is 0.820. The predicted octanol–water partition coefficient (Wildman–Crippen LogP) is 1.55. The highest BCUT2D eigenvalue weighted by Gasteiger charge is 2.16. The van der Waals surface area contributed by atoms with Crippen molar-refractivity contribution >= 4 is 27.0 Å². The summed E-state index contributed by atoms with van der Waals surface area (Å²) in [5.41, 5.74) is 9.54. The van der Waals surface area contributed by atoms with Gasteiger partial charge in [-0.05, 0) is 24.6 Å². The summed E-state index contributed by atoms with van der Waals surface area (Å²) in [6.45, 7) is 2.17. The van der Waals surface area contributed by atoms with Gasteiger partial charge in [0.05, 0.1) is 16.9 Å². The maximum absolute atomic E-state index is 12.1. The van der Waals surface area contributed by atoms with Crippen LogP contribution in [0.1, 0.15) is 11.3 Å². The van der Waals surface area contributed by atoms with Gasteiger partial charge in [0.15, 0.2) is 0 Å². The highest BCUT2D eigenvalue weighted by molar-refractivity contribution is 7.89. The monoisotopic (exact) mass is 297 g/mol. The number of nitrogen functional groups attached to an aromatic ring is 1. The largest absolute Gasteiger partial charge is 0.398 e. The third-order valence-corrected chi connectivity index (χ3v) is 4.78. The molecule has 1 aromatic carbocycles. The second-order valence-electron chi connectivity index (χ2n) is 4.17. The van der Waals surface area contributed by atoms with Crippen molar-refractivity contribution in [1.82, 2.24) is 9.71 Å². The number of benzene rings is 1. The Morgan fingerprint density at radius 3 is 2.84 bits per heavy atom. The molecular weight excluding hydrogens is 282 g/mol. The van der Waals surface area contributed by atoms with E-state index in [-0.39, 0.29) is 10.6 Å². The number of nitrogens with zero attached hydrogens (tertiary/aromatic N) is 1. The van der Waals surface area contributed by atoms with E-state index in [1.807, 2.05) is 12.3 Å². The lowest BCUT2D eigenvalue weighted by atomic mass is 10.2. The van der Waals surface area contributed by atoms with Crippen LogP contribution in [0, 0.1) is 6.92 Å². The zero-order valence-electron chi connectivity index (χ0n) is 10.5. The smallest absolute Gasteiger partial charge is 0.242 e. The molecule has 0 fully saturated rings. The van der Waals surface area contributed by atoms with Crippen LogP contribution in [-0.4, -0.2) is 19.9 Å². The van der Waals surface area contributed by atoms with E-state index in [1.165, 1.54) is 17.4 Å². The molecule has 7 heteroatoms. The van der Waals surface area contributed by atoms with Crippen LogP contribution in [0.15, 0.2) is 34.0 Å². The molecular formula is C12H15N3O2S2. The van der Waals surface area contributed by atoms with Gasteiger partial charge in [0.25, 0.3) is 0 Å². The zero-order valence-corrected chi connectivity index (χ0v) is 12.1. The third kappa shape index (κ3) is 3.52. The molecule has 3 N–H and O–H groups in total. The van der Waals surface area contributed by atoms with Gasteiger partial charge in [0.2, 0.25) is 10.0 Å². The van der Waals surface area contributed by atoms with Gasteiger partial charge in [0.1, 0.15) is 4.90 Å². The molecule has 0 unspecified atom stereocenters. The minimum atomic E-state index is -3.56. The van der Waals surface area contributed by atoms with Gasteiger partial charge in [-0.25, -0.2) is 18.1 Å². The van der Waals surface area contributed by atoms with Gasteiger partial charge in [-0.3, -0.25) is 0 Å². The molecule has 0 radical (unpaired) electrons. The molecule has 0 aliphatic heterocycles. The lowest BCUT2D eigenvalue weighted by molar-refractivity contribution is 0.582. The minimum Gasteiger partial charge on any atom is -0.398 e. The lowest BCUT2D eigenvalue weighted by Gasteiger charge is -2.09. The van der Waals surface area contributed by atoms with E-state index in [4.69, 9.17) is 5.73 Å². The summed E-state index contributed by atoms with van der Waals surface area (Å²) >= 11 is 1.49. The standard InChI is InChI=1S/C12H15N3O2S2/c1-9-2-3-12(11(13)6-9)19(16,17)15-5-4-10-7-18-8-14-10/h2-3,6-8,15H,4-5,13H2,1H3. The molecule has 2 rings (SSSR count). The highest BCUT2D eigenvalue weighted by Crippen LogP contribution is 2.19. The first-order chi connectivity index (χ1) is 8.99. The number of thiazole rings is 1. The number of hydrogen-bond donors (Lipinski definition) is 2. The zero-order chi connectivity index (χ0) is 13.9. The summed E-state index contributed by atoms with van der Waals surface area (Å²) in [6.07, 6.45) is 0.564. The van der Waals surface area contributed by atoms with E-state index in [0.717, 1.165) is 11.3 Å². The summed E-state index contributed by atoms with van der Waals surface area (Å²) in [4.78, 5) is 4.22. The number of aryl methyl sites for hydroxylation is 1. The second kappa shape index (κ2) is 5.68. The van der Waals surface area contributed by atoms with Crippen molar-refractivity contribution in [3.05, 3.63) is 40.3 Å². The molecule has 0 saturated heterocycles. The van der Waals surface area contributed by atoms with E-state index in [0.29, 0.717) is 13.0 Å². The van der Waals surface area contributed by atoms with Crippen LogP contribution in [0.2, 0.25) is 0 Å². The Balaban J connectivity index is 2.05.